The molecule has 156 valence electrons. The summed E-state index contributed by atoms with van der Waals surface area (Å²) in [6.45, 7) is 3.61. The second-order valence-electron chi connectivity index (χ2n) is 7.83. The van der Waals surface area contributed by atoms with Gasteiger partial charge in [-0.25, -0.2) is 9.50 Å². The molecule has 1 N–H and O–H groups in total. The number of fused-ring (bicyclic) bond motifs is 1. The lowest BCUT2D eigenvalue weighted by atomic mass is 10.1. The fraction of sp³-hybridized carbons (Fsp3) is 0.409. The molecule has 0 saturated carbocycles. The van der Waals surface area contributed by atoms with E-state index in [1.54, 1.807) is 17.8 Å². The lowest BCUT2D eigenvalue weighted by molar-refractivity contribution is 0.0946. The van der Waals surface area contributed by atoms with E-state index in [0.29, 0.717) is 30.4 Å². The van der Waals surface area contributed by atoms with Gasteiger partial charge in [0.05, 0.1) is 31.4 Å². The Hall–Kier alpha value is -2.81. The zero-order chi connectivity index (χ0) is 20.5. The van der Waals surface area contributed by atoms with Gasteiger partial charge in [0.25, 0.3) is 5.56 Å². The average molecular weight is 407 g/mol. The predicted molar refractivity (Wildman–Crippen MR) is 112 cm³/mol. The summed E-state index contributed by atoms with van der Waals surface area (Å²) in [6.07, 6.45) is 4.32. The fourth-order valence-electron chi connectivity index (χ4n) is 4.35. The second-order valence-corrected chi connectivity index (χ2v) is 7.83. The number of nitrogens with zero attached hydrogens (tertiary/aromatic N) is 4. The normalized spacial score (nSPS) is 22.5. The molecule has 2 atom stereocenters. The van der Waals surface area contributed by atoms with E-state index in [2.05, 4.69) is 39.1 Å². The molecular weight excluding hydrogens is 382 g/mol. The first kappa shape index (κ1) is 19.2. The third-order valence-electron chi connectivity index (χ3n) is 5.92. The van der Waals surface area contributed by atoms with Crippen LogP contribution in [0.2, 0.25) is 0 Å². The molecule has 0 bridgehead atoms. The number of hydrogen-bond donors (Lipinski definition) is 1. The molecule has 2 aliphatic rings. The molecule has 2 aliphatic heterocycles. The summed E-state index contributed by atoms with van der Waals surface area (Å²) in [5, 5.41) is 4.80. The van der Waals surface area contributed by atoms with Crippen LogP contribution in [-0.2, 0) is 16.0 Å². The van der Waals surface area contributed by atoms with Gasteiger partial charge in [-0.05, 0) is 17.6 Å². The van der Waals surface area contributed by atoms with Gasteiger partial charge in [-0.2, -0.15) is 5.10 Å². The lowest BCUT2D eigenvalue weighted by Crippen LogP contribution is -2.26. The van der Waals surface area contributed by atoms with E-state index in [0.717, 1.165) is 31.6 Å². The number of aromatic amines is 1. The van der Waals surface area contributed by atoms with Crippen LogP contribution in [0.25, 0.3) is 11.1 Å². The first-order valence-electron chi connectivity index (χ1n) is 10.3. The Morgan fingerprint density at radius 3 is 2.90 bits per heavy atom. The maximum atomic E-state index is 12.8. The van der Waals surface area contributed by atoms with Crippen LogP contribution < -0.4 is 5.56 Å². The van der Waals surface area contributed by atoms with Crippen molar-refractivity contribution >= 4 is 11.1 Å². The summed E-state index contributed by atoms with van der Waals surface area (Å²) >= 11 is 0. The number of hydrogen-bond acceptors (Lipinski definition) is 6. The number of aromatic nitrogens is 4. The van der Waals surface area contributed by atoms with Gasteiger partial charge in [-0.15, -0.1) is 0 Å². The monoisotopic (exact) mass is 407 g/mol. The maximum Gasteiger partial charge on any atom is 0.276 e. The van der Waals surface area contributed by atoms with Crippen molar-refractivity contribution in [2.24, 2.45) is 0 Å². The molecule has 8 nitrogen and oxygen atoms in total. The highest BCUT2D eigenvalue weighted by molar-refractivity contribution is 5.64. The zero-order valence-corrected chi connectivity index (χ0v) is 17.0. The van der Waals surface area contributed by atoms with Crippen molar-refractivity contribution in [1.82, 2.24) is 24.5 Å². The molecule has 2 aromatic heterocycles. The van der Waals surface area contributed by atoms with Gasteiger partial charge in [-0.1, -0.05) is 36.4 Å². The van der Waals surface area contributed by atoms with Gasteiger partial charge in [0, 0.05) is 26.7 Å². The molecule has 0 aliphatic carbocycles. The number of nitrogens with one attached hydrogen (secondary N) is 1. The van der Waals surface area contributed by atoms with Crippen molar-refractivity contribution in [3.05, 3.63) is 70.2 Å². The minimum Gasteiger partial charge on any atom is -0.379 e. The predicted octanol–water partition coefficient (Wildman–Crippen LogP) is 1.84. The minimum atomic E-state index is -0.178. The number of imidazole rings is 1. The van der Waals surface area contributed by atoms with E-state index in [1.165, 1.54) is 5.56 Å². The Labute approximate surface area is 174 Å². The standard InChI is InChI=1S/C22H25N5O3/c1-29-19-14-26(12-15-5-3-2-4-6-15)13-17(19)20-24-22(28)18-11-23-21(27(18)25-20)16-7-9-30-10-8-16/h2-7,11,17,19H,8-10,12-14H2,1H3,(H,24,25,28). The average Bonchev–Trinajstić information content (AvgIpc) is 3.39. The van der Waals surface area contributed by atoms with Crippen LogP contribution in [0.4, 0.5) is 0 Å². The molecule has 1 saturated heterocycles. The SMILES string of the molecule is COC1CN(Cc2ccccc2)CC1c1nn2c(C3=CCOCC3)ncc2c(=O)[nH]1. The van der Waals surface area contributed by atoms with Gasteiger partial charge in [0.15, 0.2) is 11.3 Å². The Kier molecular flexibility index (Phi) is 5.20. The summed E-state index contributed by atoms with van der Waals surface area (Å²) in [5.41, 5.74) is 2.59. The van der Waals surface area contributed by atoms with E-state index in [1.807, 2.05) is 12.1 Å². The van der Waals surface area contributed by atoms with Crippen molar-refractivity contribution in [3.8, 4) is 0 Å². The number of rotatable bonds is 5. The van der Waals surface area contributed by atoms with Crippen LogP contribution in [0.3, 0.4) is 0 Å². The minimum absolute atomic E-state index is 0.0188. The molecule has 4 heterocycles. The number of benzene rings is 1. The van der Waals surface area contributed by atoms with Crippen molar-refractivity contribution in [2.75, 3.05) is 33.4 Å². The quantitative estimate of drug-likeness (QED) is 0.695. The molecule has 5 rings (SSSR count). The molecule has 8 heteroatoms. The van der Waals surface area contributed by atoms with E-state index in [4.69, 9.17) is 14.6 Å². The van der Waals surface area contributed by atoms with E-state index in [-0.39, 0.29) is 17.6 Å². The number of methoxy groups -OCH3 is 1. The molecular formula is C22H25N5O3. The Balaban J connectivity index is 1.47. The number of likely N-dealkylation sites (tertiary alicyclic amines) is 1. The van der Waals surface area contributed by atoms with Gasteiger partial charge < -0.3 is 14.5 Å². The van der Waals surface area contributed by atoms with E-state index >= 15 is 0 Å². The smallest absolute Gasteiger partial charge is 0.276 e. The topological polar surface area (TPSA) is 84.8 Å². The van der Waals surface area contributed by atoms with Crippen LogP contribution in [0, 0.1) is 0 Å². The highest BCUT2D eigenvalue weighted by atomic mass is 16.5. The molecule has 30 heavy (non-hydrogen) atoms. The lowest BCUT2D eigenvalue weighted by Gasteiger charge is -2.17. The summed E-state index contributed by atoms with van der Waals surface area (Å²) in [6, 6.07) is 10.4. The molecule has 0 amide bonds. The zero-order valence-electron chi connectivity index (χ0n) is 17.0. The van der Waals surface area contributed by atoms with Crippen LogP contribution in [0.5, 0.6) is 0 Å². The first-order valence-corrected chi connectivity index (χ1v) is 10.3. The summed E-state index contributed by atoms with van der Waals surface area (Å²) in [5.74, 6) is 1.34. The van der Waals surface area contributed by atoms with Crippen LogP contribution in [-0.4, -0.2) is 64.0 Å². The first-order chi connectivity index (χ1) is 14.7. The highest BCUT2D eigenvalue weighted by Crippen LogP contribution is 2.28. The van der Waals surface area contributed by atoms with Crippen LogP contribution >= 0.6 is 0 Å². The van der Waals surface area contributed by atoms with Crippen molar-refractivity contribution < 1.29 is 9.47 Å². The molecule has 0 radical (unpaired) electrons. The van der Waals surface area contributed by atoms with Crippen molar-refractivity contribution in [2.45, 2.75) is 25.0 Å². The van der Waals surface area contributed by atoms with Gasteiger partial charge >= 0.3 is 0 Å². The molecule has 2 unspecified atom stereocenters. The Morgan fingerprint density at radius 1 is 1.27 bits per heavy atom. The summed E-state index contributed by atoms with van der Waals surface area (Å²) in [4.78, 5) is 22.6. The third kappa shape index (κ3) is 3.58. The largest absolute Gasteiger partial charge is 0.379 e. The van der Waals surface area contributed by atoms with Gasteiger partial charge in [0.2, 0.25) is 0 Å². The molecule has 1 fully saturated rings. The van der Waals surface area contributed by atoms with E-state index in [9.17, 15) is 4.79 Å². The fourth-order valence-corrected chi connectivity index (χ4v) is 4.35. The number of H-pyrrole nitrogens is 1. The van der Waals surface area contributed by atoms with Crippen LogP contribution in [0.1, 0.15) is 29.6 Å². The maximum absolute atomic E-state index is 12.8. The summed E-state index contributed by atoms with van der Waals surface area (Å²) in [7, 11) is 1.72. The molecule has 1 aromatic carbocycles. The van der Waals surface area contributed by atoms with Crippen molar-refractivity contribution in [1.29, 1.82) is 0 Å². The van der Waals surface area contributed by atoms with Crippen molar-refractivity contribution in [3.63, 3.8) is 0 Å². The van der Waals surface area contributed by atoms with Crippen LogP contribution in [0.15, 0.2) is 47.4 Å². The summed E-state index contributed by atoms with van der Waals surface area (Å²) < 4.78 is 12.9. The van der Waals surface area contributed by atoms with Gasteiger partial charge in [0.1, 0.15) is 5.82 Å². The van der Waals surface area contributed by atoms with Gasteiger partial charge in [-0.3, -0.25) is 9.69 Å². The Bertz CT molecular complexity index is 1120. The molecule has 3 aromatic rings. The highest BCUT2D eigenvalue weighted by Gasteiger charge is 2.36. The molecule has 0 spiro atoms. The Morgan fingerprint density at radius 2 is 2.13 bits per heavy atom. The number of ether oxygens (including phenoxy) is 2. The second kappa shape index (κ2) is 8.14. The van der Waals surface area contributed by atoms with E-state index < -0.39 is 0 Å². The third-order valence-corrected chi connectivity index (χ3v) is 5.92.